The number of carbonyl (C=O) groups is 1. The van der Waals surface area contributed by atoms with E-state index in [1.807, 2.05) is 0 Å². The van der Waals surface area contributed by atoms with Gasteiger partial charge in [-0.05, 0) is 77.8 Å². The fourth-order valence-corrected chi connectivity index (χ4v) is 6.77. The zero-order chi connectivity index (χ0) is 18.0. The number of ketones is 1. The second-order valence-corrected chi connectivity index (χ2v) is 9.63. The van der Waals surface area contributed by atoms with Gasteiger partial charge in [0.25, 0.3) is 0 Å². The molecule has 2 atom stereocenters. The van der Waals surface area contributed by atoms with Crippen molar-refractivity contribution in [1.29, 1.82) is 0 Å². The Morgan fingerprint density at radius 3 is 2.63 bits per heavy atom. The van der Waals surface area contributed by atoms with E-state index in [0.717, 1.165) is 25.2 Å². The zero-order valence-corrected chi connectivity index (χ0v) is 16.1. The summed E-state index contributed by atoms with van der Waals surface area (Å²) in [6.45, 7) is 0. The van der Waals surface area contributed by atoms with E-state index in [-0.39, 0.29) is 5.41 Å². The second kappa shape index (κ2) is 5.80. The number of fused-ring (bicyclic) bond motifs is 5. The van der Waals surface area contributed by atoms with Gasteiger partial charge >= 0.3 is 0 Å². The first-order valence-corrected chi connectivity index (χ1v) is 11.0. The molecule has 4 aliphatic rings. The minimum absolute atomic E-state index is 0.0649. The highest BCUT2D eigenvalue weighted by Crippen LogP contribution is 2.57. The third-order valence-corrected chi connectivity index (χ3v) is 8.22. The summed E-state index contributed by atoms with van der Waals surface area (Å²) in [6.07, 6.45) is 14.2. The maximum Gasteiger partial charge on any atom is 0.144 e. The van der Waals surface area contributed by atoms with Crippen LogP contribution in [0.25, 0.3) is 10.8 Å². The molecule has 0 amide bonds. The van der Waals surface area contributed by atoms with E-state index in [1.54, 1.807) is 11.1 Å². The normalized spacial score (nSPS) is 30.1. The molecule has 2 fully saturated rings. The first kappa shape index (κ1) is 16.1. The molecule has 1 nitrogen and oxygen atoms in total. The van der Waals surface area contributed by atoms with Crippen LogP contribution in [0.15, 0.2) is 42.0 Å². The van der Waals surface area contributed by atoms with Gasteiger partial charge in [-0.15, -0.1) is 0 Å². The lowest BCUT2D eigenvalue weighted by Crippen LogP contribution is -2.42. The summed E-state index contributed by atoms with van der Waals surface area (Å²) in [7, 11) is 0. The molecule has 0 aromatic heterocycles. The average molecular weight is 357 g/mol. The Kier molecular flexibility index (Phi) is 3.46. The van der Waals surface area contributed by atoms with Gasteiger partial charge < -0.3 is 0 Å². The van der Waals surface area contributed by atoms with E-state index < -0.39 is 0 Å². The molecule has 27 heavy (non-hydrogen) atoms. The molecule has 0 N–H and O–H groups in total. The maximum atomic E-state index is 13.2. The van der Waals surface area contributed by atoms with Crippen LogP contribution >= 0.6 is 0 Å². The molecule has 6 rings (SSSR count). The van der Waals surface area contributed by atoms with Crippen molar-refractivity contribution in [3.8, 4) is 0 Å². The second-order valence-electron chi connectivity index (χ2n) is 9.63. The highest BCUT2D eigenvalue weighted by molar-refractivity contribution is 5.94. The summed E-state index contributed by atoms with van der Waals surface area (Å²) in [6, 6.07) is 11.7. The van der Waals surface area contributed by atoms with Crippen molar-refractivity contribution in [2.24, 2.45) is 11.3 Å². The SMILES string of the molecule is O=C1Cc2cc3cccc(C4CCCCC4)c3cc2CC12CC1=CCC2C1. The Hall–Kier alpha value is -1.89. The Morgan fingerprint density at radius 1 is 0.963 bits per heavy atom. The van der Waals surface area contributed by atoms with E-state index in [9.17, 15) is 4.79 Å². The van der Waals surface area contributed by atoms with Crippen molar-refractivity contribution in [3.63, 3.8) is 0 Å². The zero-order valence-electron chi connectivity index (χ0n) is 16.1. The third kappa shape index (κ3) is 2.33. The van der Waals surface area contributed by atoms with Crippen molar-refractivity contribution in [2.75, 3.05) is 0 Å². The van der Waals surface area contributed by atoms with E-state index in [0.29, 0.717) is 18.1 Å². The minimum Gasteiger partial charge on any atom is -0.299 e. The highest BCUT2D eigenvalue weighted by atomic mass is 16.1. The van der Waals surface area contributed by atoms with E-state index >= 15 is 0 Å². The summed E-state index contributed by atoms with van der Waals surface area (Å²) in [4.78, 5) is 13.2. The number of benzene rings is 2. The summed E-state index contributed by atoms with van der Waals surface area (Å²) >= 11 is 0. The standard InChI is InChI=1S/C26H28O/c27-25-14-20-12-19-7-4-8-23(18-5-2-1-3-6-18)24(19)13-21(20)16-26(25)15-17-9-10-22(26)11-17/h4,7-9,12-13,18,22H,1-3,5-6,10-11,14-16H2. The Bertz CT molecular complexity index is 975. The minimum atomic E-state index is -0.0649. The van der Waals surface area contributed by atoms with Crippen molar-refractivity contribution in [2.45, 2.75) is 70.1 Å². The maximum absolute atomic E-state index is 13.2. The van der Waals surface area contributed by atoms with Crippen molar-refractivity contribution >= 4 is 16.6 Å². The molecule has 2 unspecified atom stereocenters. The number of hydrogen-bond acceptors (Lipinski definition) is 1. The molecular weight excluding hydrogens is 328 g/mol. The third-order valence-electron chi connectivity index (χ3n) is 8.22. The number of hydrogen-bond donors (Lipinski definition) is 0. The molecule has 2 aromatic carbocycles. The largest absolute Gasteiger partial charge is 0.299 e. The summed E-state index contributed by atoms with van der Waals surface area (Å²) in [5.41, 5.74) is 5.83. The van der Waals surface area contributed by atoms with Crippen LogP contribution in [0.5, 0.6) is 0 Å². The molecular formula is C26H28O. The lowest BCUT2D eigenvalue weighted by molar-refractivity contribution is -0.131. The van der Waals surface area contributed by atoms with E-state index in [1.165, 1.54) is 60.4 Å². The molecule has 2 aromatic rings. The summed E-state index contributed by atoms with van der Waals surface area (Å²) in [5.74, 6) is 1.83. The van der Waals surface area contributed by atoms with Gasteiger partial charge in [0.1, 0.15) is 5.78 Å². The van der Waals surface area contributed by atoms with Crippen molar-refractivity contribution < 1.29 is 4.79 Å². The average Bonchev–Trinajstić information content (AvgIpc) is 3.30. The molecule has 1 spiro atoms. The van der Waals surface area contributed by atoms with Gasteiger partial charge in [-0.1, -0.05) is 61.2 Å². The molecule has 1 heteroatoms. The van der Waals surface area contributed by atoms with E-state index in [4.69, 9.17) is 0 Å². The number of rotatable bonds is 1. The fourth-order valence-electron chi connectivity index (χ4n) is 6.77. The lowest BCUT2D eigenvalue weighted by atomic mass is 9.63. The first-order valence-electron chi connectivity index (χ1n) is 11.0. The van der Waals surface area contributed by atoms with E-state index in [2.05, 4.69) is 36.4 Å². The van der Waals surface area contributed by atoms with Crippen LogP contribution in [-0.4, -0.2) is 5.78 Å². The highest BCUT2D eigenvalue weighted by Gasteiger charge is 2.53. The molecule has 0 aliphatic heterocycles. The summed E-state index contributed by atoms with van der Waals surface area (Å²) in [5, 5.41) is 2.81. The van der Waals surface area contributed by atoms with Gasteiger partial charge in [0.05, 0.1) is 0 Å². The lowest BCUT2D eigenvalue weighted by Gasteiger charge is -2.39. The predicted molar refractivity (Wildman–Crippen MR) is 110 cm³/mol. The van der Waals surface area contributed by atoms with Crippen molar-refractivity contribution in [1.82, 2.24) is 0 Å². The van der Waals surface area contributed by atoms with Gasteiger partial charge in [0.15, 0.2) is 0 Å². The topological polar surface area (TPSA) is 17.1 Å². The Morgan fingerprint density at radius 2 is 1.85 bits per heavy atom. The molecule has 4 aliphatic carbocycles. The molecule has 0 radical (unpaired) electrons. The van der Waals surface area contributed by atoms with Crippen LogP contribution in [-0.2, 0) is 17.6 Å². The van der Waals surface area contributed by atoms with Crippen LogP contribution in [0.4, 0.5) is 0 Å². The van der Waals surface area contributed by atoms with Gasteiger partial charge in [-0.3, -0.25) is 4.79 Å². The number of Topliss-reactive ketones (excluding diaryl/α,β-unsaturated/α-hetero) is 1. The predicted octanol–water partition coefficient (Wildman–Crippen LogP) is 6.28. The quantitative estimate of drug-likeness (QED) is 0.549. The monoisotopic (exact) mass is 356 g/mol. The first-order chi connectivity index (χ1) is 13.2. The molecule has 2 bridgehead atoms. The Balaban J connectivity index is 1.46. The van der Waals surface area contributed by atoms with Gasteiger partial charge in [0, 0.05) is 11.8 Å². The summed E-state index contributed by atoms with van der Waals surface area (Å²) < 4.78 is 0. The van der Waals surface area contributed by atoms with Crippen LogP contribution in [0.3, 0.4) is 0 Å². The Labute approximate surface area is 161 Å². The van der Waals surface area contributed by atoms with Crippen LogP contribution in [0.1, 0.15) is 74.0 Å². The van der Waals surface area contributed by atoms with Crippen LogP contribution in [0.2, 0.25) is 0 Å². The molecule has 0 saturated heterocycles. The number of carbonyl (C=O) groups excluding carboxylic acids is 1. The van der Waals surface area contributed by atoms with Crippen molar-refractivity contribution in [3.05, 3.63) is 58.7 Å². The molecule has 2 saturated carbocycles. The van der Waals surface area contributed by atoms with Gasteiger partial charge in [-0.2, -0.15) is 0 Å². The van der Waals surface area contributed by atoms with Crippen LogP contribution < -0.4 is 0 Å². The number of allylic oxidation sites excluding steroid dienone is 2. The van der Waals surface area contributed by atoms with Gasteiger partial charge in [0.2, 0.25) is 0 Å². The fraction of sp³-hybridized carbons (Fsp3) is 0.500. The van der Waals surface area contributed by atoms with Gasteiger partial charge in [-0.25, -0.2) is 0 Å². The van der Waals surface area contributed by atoms with Crippen LogP contribution in [0, 0.1) is 11.3 Å². The molecule has 138 valence electrons. The molecule has 0 heterocycles. The smallest absolute Gasteiger partial charge is 0.144 e.